The van der Waals surface area contributed by atoms with E-state index in [1.807, 2.05) is 19.9 Å². The first-order chi connectivity index (χ1) is 9.41. The molecule has 0 saturated heterocycles. The molecule has 0 spiro atoms. The van der Waals surface area contributed by atoms with Gasteiger partial charge in [0.15, 0.2) is 0 Å². The number of aromatic nitrogens is 1. The summed E-state index contributed by atoms with van der Waals surface area (Å²) >= 11 is 0. The maximum Gasteiger partial charge on any atom is 0.244 e. The van der Waals surface area contributed by atoms with Crippen molar-refractivity contribution >= 4 is 10.0 Å². The molecule has 0 N–H and O–H groups in total. The van der Waals surface area contributed by atoms with E-state index < -0.39 is 10.0 Å². The van der Waals surface area contributed by atoms with Gasteiger partial charge in [0.1, 0.15) is 16.7 Å². The number of hydrogen-bond acceptors (Lipinski definition) is 5. The van der Waals surface area contributed by atoms with E-state index >= 15 is 0 Å². The Hall–Kier alpha value is -1.49. The highest BCUT2D eigenvalue weighted by Gasteiger charge is 2.25. The van der Waals surface area contributed by atoms with Gasteiger partial charge >= 0.3 is 0 Å². The number of nitrogens with zero attached hydrogens (tertiary/aromatic N) is 3. The molecule has 0 aliphatic carbocycles. The van der Waals surface area contributed by atoms with Crippen LogP contribution in [0.3, 0.4) is 0 Å². The molecule has 110 valence electrons. The molecule has 6 nitrogen and oxygen atoms in total. The van der Waals surface area contributed by atoms with E-state index in [2.05, 4.69) is 4.98 Å². The van der Waals surface area contributed by atoms with Gasteiger partial charge in [-0.05, 0) is 18.1 Å². The predicted octanol–water partition coefficient (Wildman–Crippen LogP) is 1.25. The summed E-state index contributed by atoms with van der Waals surface area (Å²) in [6.07, 6.45) is 1.22. The minimum absolute atomic E-state index is 0.0910. The van der Waals surface area contributed by atoms with Gasteiger partial charge in [-0.1, -0.05) is 13.8 Å². The Bertz CT molecular complexity index is 562. The van der Waals surface area contributed by atoms with Crippen LogP contribution in [0, 0.1) is 17.2 Å². The minimum atomic E-state index is -3.61. The average Bonchev–Trinajstić information content (AvgIpc) is 2.43. The third-order valence-electron chi connectivity index (χ3n) is 2.60. The first kappa shape index (κ1) is 16.6. The van der Waals surface area contributed by atoms with Gasteiger partial charge in [0.2, 0.25) is 10.0 Å². The van der Waals surface area contributed by atoms with E-state index in [9.17, 15) is 8.42 Å². The fraction of sp³-hybridized carbons (Fsp3) is 0.538. The average molecular weight is 297 g/mol. The van der Waals surface area contributed by atoms with Crippen LogP contribution in [0.2, 0.25) is 0 Å². The summed E-state index contributed by atoms with van der Waals surface area (Å²) in [5, 5.41) is 8.69. The van der Waals surface area contributed by atoms with E-state index in [0.717, 1.165) is 0 Å². The van der Waals surface area contributed by atoms with E-state index in [1.165, 1.54) is 29.7 Å². The molecule has 0 amide bonds. The molecule has 0 saturated carbocycles. The molecule has 20 heavy (non-hydrogen) atoms. The highest BCUT2D eigenvalue weighted by Crippen LogP contribution is 2.16. The summed E-state index contributed by atoms with van der Waals surface area (Å²) in [7, 11) is -2.08. The quantitative estimate of drug-likeness (QED) is 0.756. The Morgan fingerprint density at radius 1 is 1.45 bits per heavy atom. The van der Waals surface area contributed by atoms with Gasteiger partial charge in [-0.15, -0.1) is 0 Å². The van der Waals surface area contributed by atoms with Crippen molar-refractivity contribution in [2.75, 3.05) is 26.8 Å². The summed E-state index contributed by atoms with van der Waals surface area (Å²) in [6.45, 7) is 4.93. The molecule has 0 aromatic carbocycles. The van der Waals surface area contributed by atoms with E-state index in [1.54, 1.807) is 0 Å². The van der Waals surface area contributed by atoms with E-state index in [0.29, 0.717) is 13.2 Å². The van der Waals surface area contributed by atoms with Crippen molar-refractivity contribution in [1.82, 2.24) is 9.29 Å². The number of rotatable bonds is 7. The highest BCUT2D eigenvalue weighted by atomic mass is 32.2. The summed E-state index contributed by atoms with van der Waals surface area (Å²) in [5.74, 6) is 0.202. The van der Waals surface area contributed by atoms with Crippen LogP contribution in [0.1, 0.15) is 19.5 Å². The molecule has 0 aliphatic heterocycles. The molecular formula is C13H19N3O3S. The predicted molar refractivity (Wildman–Crippen MR) is 74.4 cm³/mol. The zero-order chi connectivity index (χ0) is 15.2. The number of ether oxygens (including phenoxy) is 1. The maximum absolute atomic E-state index is 12.5. The SMILES string of the molecule is COCCN(CC(C)C)S(=O)(=O)c1ccc(C#N)nc1. The molecule has 1 rings (SSSR count). The van der Waals surface area contributed by atoms with Crippen molar-refractivity contribution in [3.8, 4) is 6.07 Å². The topological polar surface area (TPSA) is 83.3 Å². The largest absolute Gasteiger partial charge is 0.383 e. The molecule has 1 aromatic rings. The highest BCUT2D eigenvalue weighted by molar-refractivity contribution is 7.89. The standard InChI is InChI=1S/C13H19N3O3S/c1-11(2)10-16(6-7-19-3)20(17,18)13-5-4-12(8-14)15-9-13/h4-5,9,11H,6-7,10H2,1-3H3. The summed E-state index contributed by atoms with van der Waals surface area (Å²) in [4.78, 5) is 3.90. The molecule has 0 aliphatic rings. The summed E-state index contributed by atoms with van der Waals surface area (Å²) in [5.41, 5.74) is 0.191. The smallest absolute Gasteiger partial charge is 0.244 e. The lowest BCUT2D eigenvalue weighted by molar-refractivity contribution is 0.175. The van der Waals surface area contributed by atoms with Gasteiger partial charge < -0.3 is 4.74 Å². The number of nitriles is 1. The van der Waals surface area contributed by atoms with Crippen molar-refractivity contribution in [3.63, 3.8) is 0 Å². The number of sulfonamides is 1. The van der Waals surface area contributed by atoms with Crippen LogP contribution in [-0.4, -0.2) is 44.5 Å². The van der Waals surface area contributed by atoms with Gasteiger partial charge in [0, 0.05) is 26.4 Å². The lowest BCUT2D eigenvalue weighted by atomic mass is 10.2. The molecule has 1 aromatic heterocycles. The number of pyridine rings is 1. The van der Waals surface area contributed by atoms with Gasteiger partial charge in [0.05, 0.1) is 6.61 Å². The summed E-state index contributed by atoms with van der Waals surface area (Å²) < 4.78 is 31.4. The Morgan fingerprint density at radius 2 is 2.15 bits per heavy atom. The summed E-state index contributed by atoms with van der Waals surface area (Å²) in [6, 6.07) is 4.67. The Morgan fingerprint density at radius 3 is 2.60 bits per heavy atom. The van der Waals surface area contributed by atoms with Gasteiger partial charge in [-0.25, -0.2) is 13.4 Å². The van der Waals surface area contributed by atoms with Crippen LogP contribution in [0.15, 0.2) is 23.2 Å². The van der Waals surface area contributed by atoms with Crippen molar-refractivity contribution in [2.45, 2.75) is 18.7 Å². The van der Waals surface area contributed by atoms with Gasteiger partial charge in [0.25, 0.3) is 0 Å². The Kier molecular flexibility index (Phi) is 6.07. The van der Waals surface area contributed by atoms with Crippen LogP contribution < -0.4 is 0 Å². The van der Waals surface area contributed by atoms with Gasteiger partial charge in [-0.3, -0.25) is 0 Å². The first-order valence-electron chi connectivity index (χ1n) is 6.27. The van der Waals surface area contributed by atoms with Crippen molar-refractivity contribution in [3.05, 3.63) is 24.0 Å². The van der Waals surface area contributed by atoms with Crippen molar-refractivity contribution < 1.29 is 13.2 Å². The van der Waals surface area contributed by atoms with Crippen LogP contribution in [-0.2, 0) is 14.8 Å². The van der Waals surface area contributed by atoms with Crippen LogP contribution in [0.5, 0.6) is 0 Å². The third-order valence-corrected chi connectivity index (χ3v) is 4.45. The van der Waals surface area contributed by atoms with Crippen LogP contribution >= 0.6 is 0 Å². The van der Waals surface area contributed by atoms with Crippen molar-refractivity contribution in [1.29, 1.82) is 5.26 Å². The van der Waals surface area contributed by atoms with Gasteiger partial charge in [-0.2, -0.15) is 9.57 Å². The van der Waals surface area contributed by atoms with Crippen molar-refractivity contribution in [2.24, 2.45) is 5.92 Å². The fourth-order valence-electron chi connectivity index (χ4n) is 1.66. The molecular weight excluding hydrogens is 278 g/mol. The lowest BCUT2D eigenvalue weighted by Gasteiger charge is -2.23. The molecule has 0 atom stereocenters. The van der Waals surface area contributed by atoms with E-state index in [4.69, 9.17) is 10.00 Å². The maximum atomic E-state index is 12.5. The third kappa shape index (κ3) is 4.27. The van der Waals surface area contributed by atoms with Crippen LogP contribution in [0.4, 0.5) is 0 Å². The molecule has 0 unspecified atom stereocenters. The molecule has 0 fully saturated rings. The Balaban J connectivity index is 3.04. The second kappa shape index (κ2) is 7.33. The second-order valence-corrected chi connectivity index (χ2v) is 6.68. The zero-order valence-corrected chi connectivity index (χ0v) is 12.7. The minimum Gasteiger partial charge on any atom is -0.383 e. The molecule has 0 radical (unpaired) electrons. The monoisotopic (exact) mass is 297 g/mol. The zero-order valence-electron chi connectivity index (χ0n) is 11.9. The first-order valence-corrected chi connectivity index (χ1v) is 7.71. The molecule has 7 heteroatoms. The van der Waals surface area contributed by atoms with Crippen LogP contribution in [0.25, 0.3) is 0 Å². The second-order valence-electron chi connectivity index (χ2n) is 4.74. The van der Waals surface area contributed by atoms with E-state index in [-0.39, 0.29) is 23.1 Å². The molecule has 0 bridgehead atoms. The number of methoxy groups -OCH3 is 1. The normalized spacial score (nSPS) is 11.8. The molecule has 1 heterocycles. The number of hydrogen-bond donors (Lipinski definition) is 0. The fourth-order valence-corrected chi connectivity index (χ4v) is 3.19. The Labute approximate surface area is 120 Å². The lowest BCUT2D eigenvalue weighted by Crippen LogP contribution is -2.36.